The summed E-state index contributed by atoms with van der Waals surface area (Å²) in [5.41, 5.74) is 5.58. The Morgan fingerprint density at radius 1 is 1.05 bits per heavy atom. The first-order valence-electron chi connectivity index (χ1n) is 7.98. The van der Waals surface area contributed by atoms with Gasteiger partial charge in [0.2, 0.25) is 5.91 Å². The summed E-state index contributed by atoms with van der Waals surface area (Å²) in [4.78, 5) is 14.8. The first-order valence-corrected chi connectivity index (χ1v) is 7.98. The van der Waals surface area contributed by atoms with Crippen LogP contribution in [0.4, 0.5) is 0 Å². The molecule has 19 heavy (non-hydrogen) atoms. The highest BCUT2D eigenvalue weighted by Crippen LogP contribution is 2.37. The number of likely N-dealkylation sites (tertiary alicyclic amines) is 1. The summed E-state index contributed by atoms with van der Waals surface area (Å²) in [5.74, 6) is 0.197. The van der Waals surface area contributed by atoms with Gasteiger partial charge in [-0.3, -0.25) is 4.79 Å². The monoisotopic (exact) mass is 267 g/mol. The number of hydrogen-bond donors (Lipinski definition) is 2. The smallest absolute Gasteiger partial charge is 0.227 e. The lowest BCUT2D eigenvalue weighted by molar-refractivity contribution is -0.130. The van der Waals surface area contributed by atoms with Gasteiger partial charge in [-0.2, -0.15) is 0 Å². The lowest BCUT2D eigenvalue weighted by Crippen LogP contribution is -2.46. The molecule has 1 heterocycles. The zero-order chi connectivity index (χ0) is 13.6. The number of nitrogens with one attached hydrogen (secondary N) is 1. The Bertz CT molecular complexity index is 279. The minimum absolute atomic E-state index is 0.197. The molecule has 1 saturated carbocycles. The summed E-state index contributed by atoms with van der Waals surface area (Å²) in [6, 6.07) is 0. The number of carbonyl (C=O) groups is 1. The van der Waals surface area contributed by atoms with Gasteiger partial charge in [0.05, 0.1) is 5.41 Å². The zero-order valence-corrected chi connectivity index (χ0v) is 12.1. The van der Waals surface area contributed by atoms with E-state index in [2.05, 4.69) is 10.2 Å². The number of amides is 1. The molecule has 0 spiro atoms. The van der Waals surface area contributed by atoms with Crippen LogP contribution in [-0.4, -0.2) is 43.5 Å². The highest BCUT2D eigenvalue weighted by molar-refractivity contribution is 5.83. The Hall–Kier alpha value is -0.610. The van der Waals surface area contributed by atoms with Crippen LogP contribution in [0, 0.1) is 5.41 Å². The molecule has 0 unspecified atom stereocenters. The molecule has 0 aromatic heterocycles. The topological polar surface area (TPSA) is 58.4 Å². The molecule has 3 N–H and O–H groups in total. The van der Waals surface area contributed by atoms with Gasteiger partial charge in [0.1, 0.15) is 0 Å². The van der Waals surface area contributed by atoms with Crippen LogP contribution in [-0.2, 0) is 4.79 Å². The van der Waals surface area contributed by atoms with E-state index >= 15 is 0 Å². The Morgan fingerprint density at radius 2 is 1.68 bits per heavy atom. The van der Waals surface area contributed by atoms with Crippen molar-refractivity contribution >= 4 is 5.91 Å². The Balaban J connectivity index is 1.71. The highest BCUT2D eigenvalue weighted by Gasteiger charge is 2.39. The molecule has 0 aromatic rings. The Labute approximate surface area is 117 Å². The standard InChI is InChI=1S/C15H29N3O/c16-13-15(7-3-4-8-15)14(19)17-9-12-18-10-5-1-2-6-11-18/h1-13,16H2,(H,17,19). The Kier molecular flexibility index (Phi) is 5.64. The van der Waals surface area contributed by atoms with Gasteiger partial charge in [0.25, 0.3) is 0 Å². The molecule has 0 radical (unpaired) electrons. The molecule has 2 rings (SSSR count). The number of nitrogens with two attached hydrogens (primary N) is 1. The molecule has 1 amide bonds. The molecule has 2 aliphatic rings. The van der Waals surface area contributed by atoms with Crippen molar-refractivity contribution in [2.45, 2.75) is 51.4 Å². The fourth-order valence-electron chi connectivity index (χ4n) is 3.45. The molecule has 4 heteroatoms. The molecule has 1 aliphatic carbocycles. The van der Waals surface area contributed by atoms with Gasteiger partial charge in [0.15, 0.2) is 0 Å². The van der Waals surface area contributed by atoms with Crippen molar-refractivity contribution in [3.63, 3.8) is 0 Å². The summed E-state index contributed by atoms with van der Waals surface area (Å²) >= 11 is 0. The van der Waals surface area contributed by atoms with Crippen LogP contribution in [0.15, 0.2) is 0 Å². The number of nitrogens with zero attached hydrogens (tertiary/aromatic N) is 1. The summed E-state index contributed by atoms with van der Waals surface area (Å²) in [5, 5.41) is 3.12. The third-order valence-corrected chi connectivity index (χ3v) is 4.85. The second-order valence-electron chi connectivity index (χ2n) is 6.20. The van der Waals surface area contributed by atoms with Gasteiger partial charge in [-0.05, 0) is 38.8 Å². The van der Waals surface area contributed by atoms with E-state index in [-0.39, 0.29) is 11.3 Å². The summed E-state index contributed by atoms with van der Waals surface area (Å²) in [6.45, 7) is 4.66. The van der Waals surface area contributed by atoms with E-state index in [1.54, 1.807) is 0 Å². The van der Waals surface area contributed by atoms with Crippen LogP contribution in [0.25, 0.3) is 0 Å². The van der Waals surface area contributed by atoms with Crippen LogP contribution in [0.2, 0.25) is 0 Å². The van der Waals surface area contributed by atoms with E-state index in [0.717, 1.165) is 38.8 Å². The lowest BCUT2D eigenvalue weighted by atomic mass is 9.85. The molecule has 110 valence electrons. The second-order valence-corrected chi connectivity index (χ2v) is 6.20. The maximum atomic E-state index is 12.3. The van der Waals surface area contributed by atoms with E-state index in [0.29, 0.717) is 6.54 Å². The van der Waals surface area contributed by atoms with Crippen molar-refractivity contribution in [1.82, 2.24) is 10.2 Å². The lowest BCUT2D eigenvalue weighted by Gasteiger charge is -2.27. The molecule has 1 aliphatic heterocycles. The van der Waals surface area contributed by atoms with Crippen LogP contribution in [0.3, 0.4) is 0 Å². The first kappa shape index (κ1) is 14.8. The predicted octanol–water partition coefficient (Wildman–Crippen LogP) is 1.50. The minimum Gasteiger partial charge on any atom is -0.354 e. The summed E-state index contributed by atoms with van der Waals surface area (Å²) in [6.07, 6.45) is 9.57. The van der Waals surface area contributed by atoms with E-state index in [1.165, 1.54) is 38.8 Å². The third kappa shape index (κ3) is 3.93. The quantitative estimate of drug-likeness (QED) is 0.793. The fraction of sp³-hybridized carbons (Fsp3) is 0.933. The highest BCUT2D eigenvalue weighted by atomic mass is 16.2. The maximum absolute atomic E-state index is 12.3. The van der Waals surface area contributed by atoms with Gasteiger partial charge in [-0.25, -0.2) is 0 Å². The van der Waals surface area contributed by atoms with Crippen LogP contribution in [0.5, 0.6) is 0 Å². The van der Waals surface area contributed by atoms with Crippen molar-refractivity contribution in [3.8, 4) is 0 Å². The average molecular weight is 267 g/mol. The second kappa shape index (κ2) is 7.25. The van der Waals surface area contributed by atoms with E-state index in [4.69, 9.17) is 5.73 Å². The first-order chi connectivity index (χ1) is 9.27. The number of rotatable bonds is 5. The van der Waals surface area contributed by atoms with Crippen molar-refractivity contribution in [2.24, 2.45) is 11.1 Å². The van der Waals surface area contributed by atoms with Gasteiger partial charge in [-0.15, -0.1) is 0 Å². The van der Waals surface area contributed by atoms with Crippen LogP contribution in [0.1, 0.15) is 51.4 Å². The van der Waals surface area contributed by atoms with E-state index < -0.39 is 0 Å². The molecule has 4 nitrogen and oxygen atoms in total. The minimum atomic E-state index is -0.251. The van der Waals surface area contributed by atoms with Crippen molar-refractivity contribution in [2.75, 3.05) is 32.7 Å². The van der Waals surface area contributed by atoms with E-state index in [9.17, 15) is 4.79 Å². The van der Waals surface area contributed by atoms with Crippen molar-refractivity contribution in [1.29, 1.82) is 0 Å². The normalized spacial score (nSPS) is 24.1. The Morgan fingerprint density at radius 3 is 2.26 bits per heavy atom. The molecule has 0 aromatic carbocycles. The molecular formula is C15H29N3O. The van der Waals surface area contributed by atoms with Crippen LogP contribution >= 0.6 is 0 Å². The molecule has 0 atom stereocenters. The van der Waals surface area contributed by atoms with Crippen molar-refractivity contribution < 1.29 is 4.79 Å². The largest absolute Gasteiger partial charge is 0.354 e. The SMILES string of the molecule is NCC1(C(=O)NCCN2CCCCCC2)CCCC1. The molecular weight excluding hydrogens is 238 g/mol. The third-order valence-electron chi connectivity index (χ3n) is 4.85. The average Bonchev–Trinajstić information content (AvgIpc) is 2.78. The summed E-state index contributed by atoms with van der Waals surface area (Å²) in [7, 11) is 0. The summed E-state index contributed by atoms with van der Waals surface area (Å²) < 4.78 is 0. The predicted molar refractivity (Wildman–Crippen MR) is 77.9 cm³/mol. The van der Waals surface area contributed by atoms with Crippen LogP contribution < -0.4 is 11.1 Å². The molecule has 0 bridgehead atoms. The number of carbonyl (C=O) groups excluding carboxylic acids is 1. The maximum Gasteiger partial charge on any atom is 0.227 e. The van der Waals surface area contributed by atoms with Gasteiger partial charge in [-0.1, -0.05) is 25.7 Å². The molecule has 1 saturated heterocycles. The van der Waals surface area contributed by atoms with Gasteiger partial charge in [0, 0.05) is 19.6 Å². The van der Waals surface area contributed by atoms with Gasteiger partial charge >= 0.3 is 0 Å². The number of hydrogen-bond acceptors (Lipinski definition) is 3. The molecule has 2 fully saturated rings. The zero-order valence-electron chi connectivity index (χ0n) is 12.1. The van der Waals surface area contributed by atoms with E-state index in [1.807, 2.05) is 0 Å². The fourth-order valence-corrected chi connectivity index (χ4v) is 3.45. The van der Waals surface area contributed by atoms with Crippen molar-refractivity contribution in [3.05, 3.63) is 0 Å². The van der Waals surface area contributed by atoms with Gasteiger partial charge < -0.3 is 16.0 Å².